The zero-order valence-electron chi connectivity index (χ0n) is 7.40. The molecule has 1 heterocycles. The molecule has 2 rings (SSSR count). The van der Waals surface area contributed by atoms with Crippen LogP contribution in [0.15, 0.2) is 39.5 Å². The SMILES string of the molecule is OCc1ccccc1-c1cscc1Br. The van der Waals surface area contributed by atoms with Gasteiger partial charge in [0, 0.05) is 15.4 Å². The van der Waals surface area contributed by atoms with Gasteiger partial charge in [-0.2, -0.15) is 11.3 Å². The van der Waals surface area contributed by atoms with Crippen LogP contribution >= 0.6 is 27.3 Å². The number of aliphatic hydroxyl groups excluding tert-OH is 1. The van der Waals surface area contributed by atoms with Crippen LogP contribution in [0, 0.1) is 0 Å². The molecule has 0 bridgehead atoms. The molecule has 0 atom stereocenters. The summed E-state index contributed by atoms with van der Waals surface area (Å²) in [5.41, 5.74) is 3.22. The van der Waals surface area contributed by atoms with Gasteiger partial charge in [-0.15, -0.1) is 0 Å². The second-order valence-electron chi connectivity index (χ2n) is 2.95. The summed E-state index contributed by atoms with van der Waals surface area (Å²) in [6.07, 6.45) is 0. The Kier molecular flexibility index (Phi) is 3.01. The minimum atomic E-state index is 0.0818. The van der Waals surface area contributed by atoms with Gasteiger partial charge in [-0.3, -0.25) is 0 Å². The molecule has 2 aromatic rings. The molecule has 1 N–H and O–H groups in total. The Morgan fingerprint density at radius 2 is 1.93 bits per heavy atom. The Bertz CT molecular complexity index is 436. The highest BCUT2D eigenvalue weighted by Crippen LogP contribution is 2.33. The Morgan fingerprint density at radius 3 is 2.57 bits per heavy atom. The molecule has 0 spiro atoms. The zero-order chi connectivity index (χ0) is 9.97. The molecule has 72 valence electrons. The standard InChI is InChI=1S/C11H9BrOS/c12-11-7-14-6-10(11)9-4-2-1-3-8(9)5-13/h1-4,6-7,13H,5H2. The first-order valence-electron chi connectivity index (χ1n) is 4.23. The van der Waals surface area contributed by atoms with E-state index < -0.39 is 0 Å². The number of thiophene rings is 1. The summed E-state index contributed by atoms with van der Waals surface area (Å²) in [4.78, 5) is 0. The summed E-state index contributed by atoms with van der Waals surface area (Å²) < 4.78 is 1.09. The first-order chi connectivity index (χ1) is 6.83. The van der Waals surface area contributed by atoms with Gasteiger partial charge >= 0.3 is 0 Å². The van der Waals surface area contributed by atoms with Crippen LogP contribution in [0.3, 0.4) is 0 Å². The molecule has 3 heteroatoms. The third kappa shape index (κ3) is 1.75. The summed E-state index contributed by atoms with van der Waals surface area (Å²) >= 11 is 5.15. The van der Waals surface area contributed by atoms with Crippen LogP contribution in [0.1, 0.15) is 5.56 Å². The lowest BCUT2D eigenvalue weighted by atomic mass is 10.0. The second-order valence-corrected chi connectivity index (χ2v) is 4.55. The van der Waals surface area contributed by atoms with E-state index in [0.29, 0.717) is 0 Å². The van der Waals surface area contributed by atoms with Crippen molar-refractivity contribution in [2.75, 3.05) is 0 Å². The van der Waals surface area contributed by atoms with E-state index in [1.54, 1.807) is 11.3 Å². The molecule has 0 unspecified atom stereocenters. The third-order valence-corrected chi connectivity index (χ3v) is 3.80. The average Bonchev–Trinajstić information content (AvgIpc) is 2.64. The van der Waals surface area contributed by atoms with Crippen LogP contribution < -0.4 is 0 Å². The van der Waals surface area contributed by atoms with Gasteiger partial charge in [0.25, 0.3) is 0 Å². The maximum atomic E-state index is 9.20. The molecule has 14 heavy (non-hydrogen) atoms. The average molecular weight is 269 g/mol. The number of benzene rings is 1. The quantitative estimate of drug-likeness (QED) is 0.881. The van der Waals surface area contributed by atoms with E-state index in [9.17, 15) is 5.11 Å². The van der Waals surface area contributed by atoms with Gasteiger partial charge in [-0.25, -0.2) is 0 Å². The molecule has 1 aromatic heterocycles. The van der Waals surface area contributed by atoms with Crippen LogP contribution in [0.2, 0.25) is 0 Å². The van der Waals surface area contributed by atoms with Crippen molar-refractivity contribution in [3.8, 4) is 11.1 Å². The van der Waals surface area contributed by atoms with Gasteiger partial charge in [0.05, 0.1) is 6.61 Å². The van der Waals surface area contributed by atoms with Crippen molar-refractivity contribution in [3.05, 3.63) is 45.1 Å². The lowest BCUT2D eigenvalue weighted by Crippen LogP contribution is -1.87. The smallest absolute Gasteiger partial charge is 0.0687 e. The second kappa shape index (κ2) is 4.26. The van der Waals surface area contributed by atoms with E-state index in [0.717, 1.165) is 21.2 Å². The van der Waals surface area contributed by atoms with Gasteiger partial charge < -0.3 is 5.11 Å². The topological polar surface area (TPSA) is 20.2 Å². The van der Waals surface area contributed by atoms with Crippen LogP contribution in [0.5, 0.6) is 0 Å². The minimum absolute atomic E-state index is 0.0818. The van der Waals surface area contributed by atoms with Gasteiger partial charge in [0.2, 0.25) is 0 Å². The van der Waals surface area contributed by atoms with Crippen molar-refractivity contribution in [2.45, 2.75) is 6.61 Å². The van der Waals surface area contributed by atoms with E-state index >= 15 is 0 Å². The predicted octanol–water partition coefficient (Wildman–Crippen LogP) is 3.67. The fourth-order valence-corrected chi connectivity index (χ4v) is 2.90. The monoisotopic (exact) mass is 268 g/mol. The molecule has 0 saturated carbocycles. The first-order valence-corrected chi connectivity index (χ1v) is 5.97. The zero-order valence-corrected chi connectivity index (χ0v) is 9.81. The number of hydrogen-bond donors (Lipinski definition) is 1. The number of aliphatic hydroxyl groups is 1. The van der Waals surface area contributed by atoms with Gasteiger partial charge in [-0.1, -0.05) is 24.3 Å². The molecular formula is C11H9BrOS. The van der Waals surface area contributed by atoms with Crippen molar-refractivity contribution < 1.29 is 5.11 Å². The molecule has 0 saturated heterocycles. The predicted molar refractivity (Wildman–Crippen MR) is 63.4 cm³/mol. The van der Waals surface area contributed by atoms with Gasteiger partial charge in [0.15, 0.2) is 0 Å². The lowest BCUT2D eigenvalue weighted by Gasteiger charge is -2.05. The molecular weight excluding hydrogens is 260 g/mol. The molecule has 0 aliphatic carbocycles. The molecule has 1 nitrogen and oxygen atoms in total. The normalized spacial score (nSPS) is 10.4. The Morgan fingerprint density at radius 1 is 1.14 bits per heavy atom. The van der Waals surface area contributed by atoms with Gasteiger partial charge in [-0.05, 0) is 32.4 Å². The number of rotatable bonds is 2. The van der Waals surface area contributed by atoms with E-state index in [1.807, 2.05) is 29.6 Å². The van der Waals surface area contributed by atoms with E-state index in [2.05, 4.69) is 21.3 Å². The highest BCUT2D eigenvalue weighted by Gasteiger charge is 2.07. The van der Waals surface area contributed by atoms with Crippen molar-refractivity contribution in [1.82, 2.24) is 0 Å². The van der Waals surface area contributed by atoms with Crippen molar-refractivity contribution in [3.63, 3.8) is 0 Å². The summed E-state index contributed by atoms with van der Waals surface area (Å²) in [7, 11) is 0. The molecule has 0 fully saturated rings. The van der Waals surface area contributed by atoms with Gasteiger partial charge in [0.1, 0.15) is 0 Å². The molecule has 0 radical (unpaired) electrons. The van der Waals surface area contributed by atoms with Crippen LogP contribution in [-0.4, -0.2) is 5.11 Å². The number of halogens is 1. The Labute approximate surface area is 95.2 Å². The van der Waals surface area contributed by atoms with Crippen molar-refractivity contribution in [1.29, 1.82) is 0 Å². The van der Waals surface area contributed by atoms with Crippen LogP contribution in [0.25, 0.3) is 11.1 Å². The molecule has 0 amide bonds. The fraction of sp³-hybridized carbons (Fsp3) is 0.0909. The van der Waals surface area contributed by atoms with Crippen molar-refractivity contribution >= 4 is 27.3 Å². The Hall–Kier alpha value is -0.640. The molecule has 0 aliphatic rings. The molecule has 0 aliphatic heterocycles. The fourth-order valence-electron chi connectivity index (χ4n) is 1.39. The Balaban J connectivity index is 2.56. The highest BCUT2D eigenvalue weighted by molar-refractivity contribution is 9.10. The van der Waals surface area contributed by atoms with Crippen LogP contribution in [-0.2, 0) is 6.61 Å². The summed E-state index contributed by atoms with van der Waals surface area (Å²) in [6.45, 7) is 0.0818. The first kappa shape index (κ1) is 9.90. The maximum absolute atomic E-state index is 9.20. The summed E-state index contributed by atoms with van der Waals surface area (Å²) in [5.74, 6) is 0. The lowest BCUT2D eigenvalue weighted by molar-refractivity contribution is 0.282. The number of hydrogen-bond acceptors (Lipinski definition) is 2. The van der Waals surface area contributed by atoms with E-state index in [4.69, 9.17) is 0 Å². The minimum Gasteiger partial charge on any atom is -0.392 e. The van der Waals surface area contributed by atoms with E-state index in [-0.39, 0.29) is 6.61 Å². The van der Waals surface area contributed by atoms with E-state index in [1.165, 1.54) is 0 Å². The largest absolute Gasteiger partial charge is 0.392 e. The molecule has 1 aromatic carbocycles. The highest BCUT2D eigenvalue weighted by atomic mass is 79.9. The maximum Gasteiger partial charge on any atom is 0.0687 e. The summed E-state index contributed by atoms with van der Waals surface area (Å²) in [5, 5.41) is 13.3. The summed E-state index contributed by atoms with van der Waals surface area (Å²) in [6, 6.07) is 7.89. The van der Waals surface area contributed by atoms with Crippen LogP contribution in [0.4, 0.5) is 0 Å². The third-order valence-electron chi connectivity index (χ3n) is 2.09. The van der Waals surface area contributed by atoms with Crippen molar-refractivity contribution in [2.24, 2.45) is 0 Å².